The van der Waals surface area contributed by atoms with Crippen molar-refractivity contribution in [2.24, 2.45) is 5.92 Å². The Kier molecular flexibility index (Phi) is 13.4. The van der Waals surface area contributed by atoms with Crippen LogP contribution in [0.2, 0.25) is 0 Å². The van der Waals surface area contributed by atoms with Crippen LogP contribution in [-0.2, 0) is 4.79 Å². The molecule has 1 N–H and O–H groups in total. The van der Waals surface area contributed by atoms with Gasteiger partial charge in [-0.3, -0.25) is 4.79 Å². The van der Waals surface area contributed by atoms with Gasteiger partial charge >= 0.3 is 0 Å². The Morgan fingerprint density at radius 3 is 1.65 bits per heavy atom. The van der Waals surface area contributed by atoms with Crippen LogP contribution < -0.4 is 5.32 Å². The van der Waals surface area contributed by atoms with Crippen molar-refractivity contribution >= 4 is 5.78 Å². The van der Waals surface area contributed by atoms with Gasteiger partial charge in [0.25, 0.3) is 0 Å². The molecule has 120 valence electrons. The molecular formula is C18H37NO. The van der Waals surface area contributed by atoms with Gasteiger partial charge in [-0.15, -0.1) is 0 Å². The van der Waals surface area contributed by atoms with E-state index in [1.54, 1.807) is 0 Å². The van der Waals surface area contributed by atoms with E-state index in [1.165, 1.54) is 57.9 Å². The molecule has 0 aromatic carbocycles. The molecule has 0 aliphatic heterocycles. The molecule has 0 amide bonds. The number of unbranched alkanes of at least 4 members (excludes halogenated alkanes) is 8. The summed E-state index contributed by atoms with van der Waals surface area (Å²) in [4.78, 5) is 11.4. The van der Waals surface area contributed by atoms with Gasteiger partial charge in [0.2, 0.25) is 0 Å². The highest BCUT2D eigenvalue weighted by Gasteiger charge is 2.05. The predicted octanol–water partition coefficient (Wildman–Crippen LogP) is 5.11. The number of carbonyl (C=O) groups is 1. The number of hydrogen-bond acceptors (Lipinski definition) is 2. The molecule has 0 rings (SSSR count). The van der Waals surface area contributed by atoms with E-state index in [0.29, 0.717) is 11.8 Å². The zero-order valence-corrected chi connectivity index (χ0v) is 14.3. The van der Waals surface area contributed by atoms with Crippen LogP contribution in [0, 0.1) is 5.92 Å². The Hall–Kier alpha value is -0.370. The highest BCUT2D eigenvalue weighted by atomic mass is 16.1. The van der Waals surface area contributed by atoms with Crippen LogP contribution in [0.1, 0.15) is 91.9 Å². The Balaban J connectivity index is 3.08. The summed E-state index contributed by atoms with van der Waals surface area (Å²) in [7, 11) is 0. The third-order valence-corrected chi connectivity index (χ3v) is 3.80. The van der Waals surface area contributed by atoms with E-state index in [0.717, 1.165) is 12.8 Å². The normalized spacial score (nSPS) is 11.5. The third-order valence-electron chi connectivity index (χ3n) is 3.80. The molecule has 0 bridgehead atoms. The second kappa shape index (κ2) is 13.6. The van der Waals surface area contributed by atoms with Gasteiger partial charge in [-0.05, 0) is 19.4 Å². The number of hydrogen-bond donors (Lipinski definition) is 1. The topological polar surface area (TPSA) is 29.1 Å². The van der Waals surface area contributed by atoms with Gasteiger partial charge in [0.15, 0.2) is 0 Å². The van der Waals surface area contributed by atoms with Crippen LogP contribution in [0.3, 0.4) is 0 Å². The molecule has 0 spiro atoms. The molecule has 2 nitrogen and oxygen atoms in total. The number of nitrogens with one attached hydrogen (secondary N) is 1. The molecule has 0 aromatic heterocycles. The molecule has 0 saturated heterocycles. The number of ketones is 1. The highest BCUT2D eigenvalue weighted by Crippen LogP contribution is 2.11. The number of rotatable bonds is 14. The van der Waals surface area contributed by atoms with Crippen LogP contribution in [0.4, 0.5) is 0 Å². The first kappa shape index (κ1) is 19.6. The number of carbonyl (C=O) groups excluding carboxylic acids is 1. The average Bonchev–Trinajstić information content (AvgIpc) is 2.39. The van der Waals surface area contributed by atoms with Gasteiger partial charge in [-0.25, -0.2) is 0 Å². The number of Topliss-reactive ketones (excluding diaryl/α,β-unsaturated/α-hetero) is 1. The van der Waals surface area contributed by atoms with Crippen LogP contribution in [0.5, 0.6) is 0 Å². The minimum absolute atomic E-state index is 0.222. The maximum Gasteiger partial charge on any atom is 0.135 e. The van der Waals surface area contributed by atoms with Crippen molar-refractivity contribution in [3.8, 4) is 0 Å². The summed E-state index contributed by atoms with van der Waals surface area (Å²) in [6.07, 6.45) is 12.6. The standard InChI is InChI=1S/C18H37NO/c1-16(2)18(20)14-12-10-8-6-5-7-9-11-13-15-19-17(3)4/h16-17,19H,5-15H2,1-4H3. The van der Waals surface area contributed by atoms with Crippen molar-refractivity contribution in [3.63, 3.8) is 0 Å². The lowest BCUT2D eigenvalue weighted by Gasteiger charge is -2.07. The van der Waals surface area contributed by atoms with E-state index < -0.39 is 0 Å². The monoisotopic (exact) mass is 283 g/mol. The molecule has 0 atom stereocenters. The van der Waals surface area contributed by atoms with Crippen LogP contribution >= 0.6 is 0 Å². The van der Waals surface area contributed by atoms with E-state index in [1.807, 2.05) is 13.8 Å². The average molecular weight is 283 g/mol. The fourth-order valence-corrected chi connectivity index (χ4v) is 2.34. The van der Waals surface area contributed by atoms with Crippen molar-refractivity contribution in [3.05, 3.63) is 0 Å². The first-order valence-corrected chi connectivity index (χ1v) is 8.80. The highest BCUT2D eigenvalue weighted by molar-refractivity contribution is 5.80. The fourth-order valence-electron chi connectivity index (χ4n) is 2.34. The second-order valence-corrected chi connectivity index (χ2v) is 6.66. The van der Waals surface area contributed by atoms with E-state index in [4.69, 9.17) is 0 Å². The van der Waals surface area contributed by atoms with Gasteiger partial charge < -0.3 is 5.32 Å². The van der Waals surface area contributed by atoms with Gasteiger partial charge in [0.05, 0.1) is 0 Å². The Morgan fingerprint density at radius 2 is 1.20 bits per heavy atom. The molecule has 0 unspecified atom stereocenters. The largest absolute Gasteiger partial charge is 0.315 e. The molecule has 0 aromatic rings. The zero-order chi connectivity index (χ0) is 15.2. The molecule has 0 fully saturated rings. The van der Waals surface area contributed by atoms with E-state index in [-0.39, 0.29) is 5.92 Å². The lowest BCUT2D eigenvalue weighted by Crippen LogP contribution is -2.23. The molecule has 0 aliphatic carbocycles. The molecule has 0 saturated carbocycles. The van der Waals surface area contributed by atoms with E-state index >= 15 is 0 Å². The van der Waals surface area contributed by atoms with Crippen molar-refractivity contribution in [2.75, 3.05) is 6.54 Å². The Bertz CT molecular complexity index is 223. The van der Waals surface area contributed by atoms with Gasteiger partial charge in [0.1, 0.15) is 5.78 Å². The first-order valence-electron chi connectivity index (χ1n) is 8.80. The van der Waals surface area contributed by atoms with Crippen LogP contribution in [0.25, 0.3) is 0 Å². The van der Waals surface area contributed by atoms with Gasteiger partial charge in [-0.2, -0.15) is 0 Å². The van der Waals surface area contributed by atoms with E-state index in [9.17, 15) is 4.79 Å². The summed E-state index contributed by atoms with van der Waals surface area (Å²) in [5, 5.41) is 3.46. The predicted molar refractivity (Wildman–Crippen MR) is 89.2 cm³/mol. The summed E-state index contributed by atoms with van der Waals surface area (Å²) in [6.45, 7) is 9.57. The first-order chi connectivity index (χ1) is 9.54. The summed E-state index contributed by atoms with van der Waals surface area (Å²) >= 11 is 0. The summed E-state index contributed by atoms with van der Waals surface area (Å²) < 4.78 is 0. The molecular weight excluding hydrogens is 246 g/mol. The van der Waals surface area contributed by atoms with Gasteiger partial charge in [-0.1, -0.05) is 72.6 Å². The second-order valence-electron chi connectivity index (χ2n) is 6.66. The lowest BCUT2D eigenvalue weighted by molar-refractivity contribution is -0.122. The SMILES string of the molecule is CC(C)NCCCCCCCCCCCC(=O)C(C)C. The minimum atomic E-state index is 0.222. The molecule has 0 aliphatic rings. The summed E-state index contributed by atoms with van der Waals surface area (Å²) in [5.74, 6) is 0.653. The maximum absolute atomic E-state index is 11.4. The van der Waals surface area contributed by atoms with E-state index in [2.05, 4.69) is 19.2 Å². The van der Waals surface area contributed by atoms with Crippen LogP contribution in [-0.4, -0.2) is 18.4 Å². The van der Waals surface area contributed by atoms with Crippen LogP contribution in [0.15, 0.2) is 0 Å². The smallest absolute Gasteiger partial charge is 0.135 e. The molecule has 2 heteroatoms. The van der Waals surface area contributed by atoms with Crippen molar-refractivity contribution in [1.82, 2.24) is 5.32 Å². The quantitative estimate of drug-likeness (QED) is 0.449. The Morgan fingerprint density at radius 1 is 0.750 bits per heavy atom. The maximum atomic E-state index is 11.4. The third kappa shape index (κ3) is 14.0. The molecule has 20 heavy (non-hydrogen) atoms. The Labute approximate surface area is 127 Å². The summed E-state index contributed by atoms with van der Waals surface area (Å²) in [5.41, 5.74) is 0. The van der Waals surface area contributed by atoms with Gasteiger partial charge in [0, 0.05) is 18.4 Å². The lowest BCUT2D eigenvalue weighted by atomic mass is 10.0. The molecule has 0 radical (unpaired) electrons. The van der Waals surface area contributed by atoms with Crippen molar-refractivity contribution in [1.29, 1.82) is 0 Å². The molecule has 0 heterocycles. The zero-order valence-electron chi connectivity index (χ0n) is 14.3. The minimum Gasteiger partial charge on any atom is -0.315 e. The summed E-state index contributed by atoms with van der Waals surface area (Å²) in [6, 6.07) is 0.623. The fraction of sp³-hybridized carbons (Fsp3) is 0.944. The van der Waals surface area contributed by atoms with Crippen molar-refractivity contribution in [2.45, 2.75) is 97.9 Å². The van der Waals surface area contributed by atoms with Crippen molar-refractivity contribution < 1.29 is 4.79 Å².